The Morgan fingerprint density at radius 2 is 2.12 bits per heavy atom. The van der Waals surface area contributed by atoms with Crippen LogP contribution < -0.4 is 5.32 Å². The van der Waals surface area contributed by atoms with Crippen molar-refractivity contribution in [1.82, 2.24) is 15.1 Å². The number of carbonyl (C=O) groups excluding carboxylic acids is 1. The molecule has 0 aromatic carbocycles. The Hall–Kier alpha value is -0.580. The molecule has 0 aliphatic heterocycles. The molecule has 2 heterocycles. The number of rotatable bonds is 6. The summed E-state index contributed by atoms with van der Waals surface area (Å²) in [6, 6.07) is 1.71. The molecule has 1 fully saturated rings. The lowest BCUT2D eigenvalue weighted by atomic mass is 10.2. The Morgan fingerprint density at radius 3 is 2.65 bits per heavy atom. The van der Waals surface area contributed by atoms with E-state index in [0.29, 0.717) is 23.5 Å². The molecular formula is C15H13Br2ClF3N3OS. The quantitative estimate of drug-likeness (QED) is 0.473. The summed E-state index contributed by atoms with van der Waals surface area (Å²) in [6.07, 6.45) is -2.47. The number of alkyl halides is 3. The number of amides is 1. The summed E-state index contributed by atoms with van der Waals surface area (Å²) in [5.74, 6) is -0.181. The molecule has 3 rings (SSSR count). The van der Waals surface area contributed by atoms with Crippen LogP contribution in [0.1, 0.15) is 46.2 Å². The lowest BCUT2D eigenvalue weighted by molar-refractivity contribution is -0.141. The highest BCUT2D eigenvalue weighted by Gasteiger charge is 2.41. The number of aryl methyl sites for hydroxylation is 1. The maximum absolute atomic E-state index is 13.0. The van der Waals surface area contributed by atoms with Gasteiger partial charge in [0.1, 0.15) is 0 Å². The van der Waals surface area contributed by atoms with Gasteiger partial charge < -0.3 is 5.32 Å². The van der Waals surface area contributed by atoms with E-state index >= 15 is 0 Å². The SMILES string of the molecule is O=C(NCCCn1nc(C(F)(F)F)c(Cl)c1C1CC1)c1cc(Br)c(Br)s1. The Bertz CT molecular complexity index is 813. The van der Waals surface area contributed by atoms with Crippen LogP contribution >= 0.6 is 54.8 Å². The molecular weight excluding hydrogens is 523 g/mol. The van der Waals surface area contributed by atoms with Crippen molar-refractivity contribution in [2.75, 3.05) is 6.54 Å². The molecule has 11 heteroatoms. The number of aromatic nitrogens is 2. The van der Waals surface area contributed by atoms with Crippen molar-refractivity contribution < 1.29 is 18.0 Å². The normalized spacial score (nSPS) is 14.7. The Balaban J connectivity index is 1.60. The molecule has 1 aliphatic rings. The van der Waals surface area contributed by atoms with Crippen LogP contribution in [0.5, 0.6) is 0 Å². The lowest BCUT2D eigenvalue weighted by Gasteiger charge is -2.07. The van der Waals surface area contributed by atoms with Crippen molar-refractivity contribution in [2.45, 2.75) is 37.9 Å². The molecule has 1 aliphatic carbocycles. The van der Waals surface area contributed by atoms with E-state index in [4.69, 9.17) is 11.6 Å². The third-order valence-electron chi connectivity index (χ3n) is 3.87. The van der Waals surface area contributed by atoms with Gasteiger partial charge in [0.25, 0.3) is 5.91 Å². The number of thiophene rings is 1. The average molecular weight is 536 g/mol. The highest BCUT2D eigenvalue weighted by atomic mass is 79.9. The van der Waals surface area contributed by atoms with Crippen LogP contribution in [-0.2, 0) is 12.7 Å². The minimum absolute atomic E-state index is 0.0431. The van der Waals surface area contributed by atoms with Crippen LogP contribution in [0.3, 0.4) is 0 Å². The van der Waals surface area contributed by atoms with E-state index in [1.165, 1.54) is 16.0 Å². The number of halogens is 6. The fraction of sp³-hybridized carbons (Fsp3) is 0.467. The zero-order valence-electron chi connectivity index (χ0n) is 13.2. The molecule has 4 nitrogen and oxygen atoms in total. The minimum atomic E-state index is -4.57. The summed E-state index contributed by atoms with van der Waals surface area (Å²) < 4.78 is 42.0. The van der Waals surface area contributed by atoms with E-state index < -0.39 is 11.9 Å². The number of hydrogen-bond donors (Lipinski definition) is 1. The molecule has 0 unspecified atom stereocenters. The monoisotopic (exact) mass is 533 g/mol. The molecule has 142 valence electrons. The first-order valence-electron chi connectivity index (χ1n) is 7.75. The summed E-state index contributed by atoms with van der Waals surface area (Å²) in [6.45, 7) is 0.592. The smallest absolute Gasteiger partial charge is 0.351 e. The van der Waals surface area contributed by atoms with Gasteiger partial charge in [-0.1, -0.05) is 11.6 Å². The van der Waals surface area contributed by atoms with Gasteiger partial charge in [-0.3, -0.25) is 9.48 Å². The summed E-state index contributed by atoms with van der Waals surface area (Å²) in [5.41, 5.74) is -0.574. The fourth-order valence-electron chi connectivity index (χ4n) is 2.53. The van der Waals surface area contributed by atoms with Gasteiger partial charge in [-0.2, -0.15) is 18.3 Å². The zero-order valence-corrected chi connectivity index (χ0v) is 17.9. The van der Waals surface area contributed by atoms with E-state index in [1.54, 1.807) is 6.07 Å². The molecule has 26 heavy (non-hydrogen) atoms. The number of nitrogens with zero attached hydrogens (tertiary/aromatic N) is 2. The zero-order chi connectivity index (χ0) is 19.1. The third-order valence-corrected chi connectivity index (χ3v) is 7.49. The molecule has 2 aromatic heterocycles. The van der Waals surface area contributed by atoms with E-state index in [2.05, 4.69) is 42.3 Å². The molecule has 0 radical (unpaired) electrons. The maximum Gasteiger partial charge on any atom is 0.436 e. The molecule has 1 N–H and O–H groups in total. The van der Waals surface area contributed by atoms with E-state index in [0.717, 1.165) is 21.1 Å². The second-order valence-corrected chi connectivity index (χ2v) is 9.49. The van der Waals surface area contributed by atoms with Crippen molar-refractivity contribution in [3.63, 3.8) is 0 Å². The third kappa shape index (κ3) is 4.45. The summed E-state index contributed by atoms with van der Waals surface area (Å²) in [5, 5.41) is 6.13. The summed E-state index contributed by atoms with van der Waals surface area (Å²) >= 11 is 13.9. The molecule has 2 aromatic rings. The highest BCUT2D eigenvalue weighted by Crippen LogP contribution is 2.46. The minimum Gasteiger partial charge on any atom is -0.351 e. The van der Waals surface area contributed by atoms with Gasteiger partial charge in [0.15, 0.2) is 5.69 Å². The maximum atomic E-state index is 13.0. The first-order valence-corrected chi connectivity index (χ1v) is 10.5. The molecule has 0 saturated heterocycles. The number of hydrogen-bond acceptors (Lipinski definition) is 3. The van der Waals surface area contributed by atoms with Gasteiger partial charge in [-0.25, -0.2) is 0 Å². The summed E-state index contributed by atoms with van der Waals surface area (Å²) in [4.78, 5) is 12.6. The standard InChI is InChI=1S/C15H13Br2ClF3N3OS/c16-8-6-9(26-13(8)17)14(25)22-4-1-5-24-11(7-2-3-7)10(18)12(23-24)15(19,20)21/h6-7H,1-5H2,(H,22,25). The fourth-order valence-corrected chi connectivity index (χ4v) is 4.88. The largest absolute Gasteiger partial charge is 0.436 e. The second kappa shape index (κ2) is 7.81. The van der Waals surface area contributed by atoms with Crippen molar-refractivity contribution >= 4 is 60.7 Å². The van der Waals surface area contributed by atoms with Crippen LogP contribution in [0.15, 0.2) is 14.3 Å². The van der Waals surface area contributed by atoms with Crippen LogP contribution in [0.25, 0.3) is 0 Å². The van der Waals surface area contributed by atoms with Crippen LogP contribution in [0.4, 0.5) is 13.2 Å². The predicted molar refractivity (Wildman–Crippen MR) is 101 cm³/mol. The Labute approximate surface area is 173 Å². The van der Waals surface area contributed by atoms with Gasteiger partial charge in [0, 0.05) is 23.5 Å². The average Bonchev–Trinajstić information content (AvgIpc) is 3.24. The van der Waals surface area contributed by atoms with Gasteiger partial charge in [0.05, 0.1) is 19.4 Å². The van der Waals surface area contributed by atoms with Gasteiger partial charge in [-0.05, 0) is 57.2 Å². The second-order valence-electron chi connectivity index (χ2n) is 5.88. The topological polar surface area (TPSA) is 46.9 Å². The van der Waals surface area contributed by atoms with Crippen molar-refractivity contribution in [1.29, 1.82) is 0 Å². The van der Waals surface area contributed by atoms with E-state index in [1.807, 2.05) is 0 Å². The van der Waals surface area contributed by atoms with Crippen LogP contribution in [0, 0.1) is 0 Å². The summed E-state index contributed by atoms with van der Waals surface area (Å²) in [7, 11) is 0. The Kier molecular flexibility index (Phi) is 6.05. The molecule has 0 atom stereocenters. The van der Waals surface area contributed by atoms with E-state index in [9.17, 15) is 18.0 Å². The Morgan fingerprint density at radius 1 is 1.42 bits per heavy atom. The predicted octanol–water partition coefficient (Wildman–Crippen LogP) is 5.84. The molecule has 1 saturated carbocycles. The van der Waals surface area contributed by atoms with Crippen molar-refractivity contribution in [3.8, 4) is 0 Å². The molecule has 1 amide bonds. The highest BCUT2D eigenvalue weighted by molar-refractivity contribution is 9.13. The van der Waals surface area contributed by atoms with Crippen molar-refractivity contribution in [3.05, 3.63) is 35.6 Å². The molecule has 0 bridgehead atoms. The molecule has 0 spiro atoms. The van der Waals surface area contributed by atoms with Gasteiger partial charge in [-0.15, -0.1) is 11.3 Å². The van der Waals surface area contributed by atoms with Gasteiger partial charge in [0.2, 0.25) is 0 Å². The van der Waals surface area contributed by atoms with E-state index in [-0.39, 0.29) is 23.4 Å². The first kappa shape index (κ1) is 20.2. The number of nitrogens with one attached hydrogen (secondary N) is 1. The van der Waals surface area contributed by atoms with Gasteiger partial charge >= 0.3 is 6.18 Å². The number of carbonyl (C=O) groups is 1. The van der Waals surface area contributed by atoms with Crippen LogP contribution in [0.2, 0.25) is 5.02 Å². The first-order chi connectivity index (χ1) is 12.2. The van der Waals surface area contributed by atoms with Crippen molar-refractivity contribution in [2.24, 2.45) is 0 Å². The lowest BCUT2D eigenvalue weighted by Crippen LogP contribution is -2.24. The van der Waals surface area contributed by atoms with Crippen LogP contribution in [-0.4, -0.2) is 22.2 Å².